The van der Waals surface area contributed by atoms with Crippen molar-refractivity contribution in [1.29, 1.82) is 0 Å². The van der Waals surface area contributed by atoms with Gasteiger partial charge in [0.15, 0.2) is 0 Å². The number of hydrogen-bond donors (Lipinski definition) is 1. The Labute approximate surface area is 201 Å². The van der Waals surface area contributed by atoms with Crippen LogP contribution in [-0.4, -0.2) is 31.6 Å². The Hall–Kier alpha value is -2.95. The average molecular weight is 460 g/mol. The third-order valence-corrected chi connectivity index (χ3v) is 6.94. The van der Waals surface area contributed by atoms with Crippen LogP contribution in [0, 0.1) is 0 Å². The van der Waals surface area contributed by atoms with Crippen LogP contribution >= 0.6 is 11.6 Å². The number of ether oxygens (including phenoxy) is 1. The maximum Gasteiger partial charge on any atom is 0.119 e. The van der Waals surface area contributed by atoms with Gasteiger partial charge < -0.3 is 15.4 Å². The maximum atomic E-state index is 6.43. The van der Waals surface area contributed by atoms with Gasteiger partial charge in [0.1, 0.15) is 5.75 Å². The van der Waals surface area contributed by atoms with Crippen molar-refractivity contribution in [3.05, 3.63) is 100 Å². The second kappa shape index (κ2) is 9.50. The van der Waals surface area contributed by atoms with Gasteiger partial charge in [-0.3, -0.25) is 4.90 Å². The molecular formula is C28H30ClN3O. The molecule has 4 nitrogen and oxygen atoms in total. The van der Waals surface area contributed by atoms with Crippen LogP contribution in [0.1, 0.15) is 41.1 Å². The predicted molar refractivity (Wildman–Crippen MR) is 137 cm³/mol. The summed E-state index contributed by atoms with van der Waals surface area (Å²) in [4.78, 5) is 4.93. The third-order valence-electron chi connectivity index (χ3n) is 6.71. The van der Waals surface area contributed by atoms with Gasteiger partial charge >= 0.3 is 0 Å². The third kappa shape index (κ3) is 4.59. The highest BCUT2D eigenvalue weighted by atomic mass is 35.5. The van der Waals surface area contributed by atoms with Crippen LogP contribution in [-0.2, 0) is 6.54 Å². The van der Waals surface area contributed by atoms with Crippen LogP contribution < -0.4 is 15.4 Å². The Bertz CT molecular complexity index is 1150. The monoisotopic (exact) mass is 459 g/mol. The molecule has 3 aromatic rings. The number of methoxy groups -OCH3 is 1. The molecular weight excluding hydrogens is 430 g/mol. The molecule has 0 radical (unpaired) electrons. The van der Waals surface area contributed by atoms with Gasteiger partial charge in [-0.25, -0.2) is 0 Å². The molecule has 3 aromatic carbocycles. The number of halogens is 1. The second-order valence-corrected chi connectivity index (χ2v) is 9.31. The first-order valence-electron chi connectivity index (χ1n) is 11.6. The molecule has 1 fully saturated rings. The van der Waals surface area contributed by atoms with E-state index in [-0.39, 0.29) is 6.04 Å². The number of benzene rings is 3. The number of fused-ring (bicyclic) bond motifs is 1. The van der Waals surface area contributed by atoms with Crippen LogP contribution in [0.2, 0.25) is 5.02 Å². The van der Waals surface area contributed by atoms with Crippen molar-refractivity contribution < 1.29 is 4.74 Å². The molecule has 0 bridgehead atoms. The van der Waals surface area contributed by atoms with Gasteiger partial charge in [0, 0.05) is 35.1 Å². The fourth-order valence-electron chi connectivity index (χ4n) is 5.01. The fourth-order valence-corrected chi connectivity index (χ4v) is 5.21. The number of anilines is 1. The maximum absolute atomic E-state index is 6.43. The van der Waals surface area contributed by atoms with Gasteiger partial charge in [-0.2, -0.15) is 0 Å². The summed E-state index contributed by atoms with van der Waals surface area (Å²) in [5, 5.41) is 0.741. The van der Waals surface area contributed by atoms with E-state index in [4.69, 9.17) is 22.1 Å². The number of likely N-dealkylation sites (tertiary alicyclic amines) is 1. The van der Waals surface area contributed by atoms with E-state index in [0.29, 0.717) is 0 Å². The molecule has 170 valence electrons. The molecule has 33 heavy (non-hydrogen) atoms. The highest BCUT2D eigenvalue weighted by molar-refractivity contribution is 6.30. The molecule has 1 atom stereocenters. The summed E-state index contributed by atoms with van der Waals surface area (Å²) >= 11 is 6.43. The summed E-state index contributed by atoms with van der Waals surface area (Å²) in [7, 11) is 1.68. The largest absolute Gasteiger partial charge is 0.497 e. The molecule has 5 rings (SSSR count). The predicted octanol–water partition coefficient (Wildman–Crippen LogP) is 5.85. The molecule has 5 heteroatoms. The average Bonchev–Trinajstić information content (AvgIpc) is 3.35. The fraction of sp³-hybridized carbons (Fsp3) is 0.286. The Morgan fingerprint density at radius 3 is 2.48 bits per heavy atom. The standard InChI is InChI=1S/C28H30ClN3O/c1-33-24-11-12-27-25(18-24)26(30)13-16-32(27)28(22-5-4-6-23(29)17-22)21-9-7-20(8-10-21)19-31-14-2-3-15-31/h4-13,17-18,28H,2-3,14-16,19,30H2,1H3. The van der Waals surface area contributed by atoms with Crippen molar-refractivity contribution in [2.24, 2.45) is 5.73 Å². The van der Waals surface area contributed by atoms with E-state index in [2.05, 4.69) is 58.3 Å². The summed E-state index contributed by atoms with van der Waals surface area (Å²) in [6, 6.07) is 23.4. The summed E-state index contributed by atoms with van der Waals surface area (Å²) in [6.45, 7) is 4.15. The molecule has 0 aliphatic carbocycles. The van der Waals surface area contributed by atoms with Crippen LogP contribution in [0.15, 0.2) is 72.8 Å². The Morgan fingerprint density at radius 2 is 1.76 bits per heavy atom. The Balaban J connectivity index is 1.54. The number of hydrogen-bond acceptors (Lipinski definition) is 4. The summed E-state index contributed by atoms with van der Waals surface area (Å²) in [6.07, 6.45) is 4.70. The van der Waals surface area contributed by atoms with Gasteiger partial charge in [-0.15, -0.1) is 0 Å². The minimum Gasteiger partial charge on any atom is -0.497 e. The number of nitrogens with two attached hydrogens (primary N) is 1. The molecule has 2 heterocycles. The summed E-state index contributed by atoms with van der Waals surface area (Å²) < 4.78 is 5.45. The molecule has 1 unspecified atom stereocenters. The van der Waals surface area contributed by atoms with Crippen molar-refractivity contribution >= 4 is 23.0 Å². The van der Waals surface area contributed by atoms with Gasteiger partial charge in [-0.05, 0) is 79.0 Å². The molecule has 1 saturated heterocycles. The number of nitrogens with zero attached hydrogens (tertiary/aromatic N) is 2. The second-order valence-electron chi connectivity index (χ2n) is 8.88. The zero-order valence-electron chi connectivity index (χ0n) is 19.0. The first kappa shape index (κ1) is 21.9. The Morgan fingerprint density at radius 1 is 0.970 bits per heavy atom. The first-order chi connectivity index (χ1) is 16.1. The minimum atomic E-state index is 0.0148. The molecule has 2 aliphatic heterocycles. The minimum absolute atomic E-state index is 0.0148. The van der Waals surface area contributed by atoms with Gasteiger partial charge in [-0.1, -0.05) is 48.0 Å². The van der Waals surface area contributed by atoms with Gasteiger partial charge in [0.05, 0.1) is 13.2 Å². The van der Waals surface area contributed by atoms with Crippen molar-refractivity contribution in [1.82, 2.24) is 4.90 Å². The van der Waals surface area contributed by atoms with Crippen molar-refractivity contribution in [3.8, 4) is 5.75 Å². The van der Waals surface area contributed by atoms with Crippen LogP contribution in [0.5, 0.6) is 5.75 Å². The molecule has 0 spiro atoms. The van der Waals surface area contributed by atoms with E-state index in [9.17, 15) is 0 Å². The lowest BCUT2D eigenvalue weighted by Crippen LogP contribution is -2.33. The lowest BCUT2D eigenvalue weighted by atomic mass is 9.93. The SMILES string of the molecule is COc1ccc2c(c1)C(N)=CCN2C(c1ccc(CN2CCCC2)cc1)c1cccc(Cl)c1. The van der Waals surface area contributed by atoms with E-state index < -0.39 is 0 Å². The zero-order valence-corrected chi connectivity index (χ0v) is 19.8. The van der Waals surface area contributed by atoms with Crippen LogP contribution in [0.4, 0.5) is 5.69 Å². The van der Waals surface area contributed by atoms with Crippen molar-refractivity contribution in [2.45, 2.75) is 25.4 Å². The molecule has 0 aromatic heterocycles. The first-order valence-corrected chi connectivity index (χ1v) is 12.0. The highest BCUT2D eigenvalue weighted by Crippen LogP contribution is 2.40. The quantitative estimate of drug-likeness (QED) is 0.501. The molecule has 2 aliphatic rings. The lowest BCUT2D eigenvalue weighted by Gasteiger charge is -2.37. The summed E-state index contributed by atoms with van der Waals surface area (Å²) in [5.41, 5.74) is 13.0. The van der Waals surface area contributed by atoms with Crippen molar-refractivity contribution in [3.63, 3.8) is 0 Å². The van der Waals surface area contributed by atoms with E-state index in [1.165, 1.54) is 37.1 Å². The highest BCUT2D eigenvalue weighted by Gasteiger charge is 2.28. The van der Waals surface area contributed by atoms with E-state index in [1.54, 1.807) is 7.11 Å². The zero-order chi connectivity index (χ0) is 22.8. The van der Waals surface area contributed by atoms with E-state index in [1.807, 2.05) is 24.3 Å². The molecule has 2 N–H and O–H groups in total. The van der Waals surface area contributed by atoms with Crippen LogP contribution in [0.3, 0.4) is 0 Å². The molecule has 0 saturated carbocycles. The number of rotatable bonds is 6. The lowest BCUT2D eigenvalue weighted by molar-refractivity contribution is 0.331. The normalized spacial score (nSPS) is 16.9. The van der Waals surface area contributed by atoms with Crippen LogP contribution in [0.25, 0.3) is 5.70 Å². The van der Waals surface area contributed by atoms with Gasteiger partial charge in [0.25, 0.3) is 0 Å². The smallest absolute Gasteiger partial charge is 0.119 e. The topological polar surface area (TPSA) is 41.7 Å². The van der Waals surface area contributed by atoms with E-state index >= 15 is 0 Å². The van der Waals surface area contributed by atoms with Crippen molar-refractivity contribution in [2.75, 3.05) is 31.6 Å². The van der Waals surface area contributed by atoms with E-state index in [0.717, 1.165) is 46.4 Å². The Kier molecular flexibility index (Phi) is 6.30. The molecule has 0 amide bonds. The summed E-state index contributed by atoms with van der Waals surface area (Å²) in [5.74, 6) is 0.803. The van der Waals surface area contributed by atoms with Gasteiger partial charge in [0.2, 0.25) is 0 Å².